The molecule has 0 spiro atoms. The molecule has 0 fully saturated rings. The lowest BCUT2D eigenvalue weighted by atomic mass is 10.3. The van der Waals surface area contributed by atoms with Crippen LogP contribution >= 0.6 is 0 Å². The quantitative estimate of drug-likeness (QED) is 0.718. The number of benzene rings is 1. The minimum absolute atomic E-state index is 0.0490. The van der Waals surface area contributed by atoms with Crippen molar-refractivity contribution in [3.8, 4) is 11.5 Å². The third kappa shape index (κ3) is 4.50. The van der Waals surface area contributed by atoms with Gasteiger partial charge >= 0.3 is 0 Å². The lowest BCUT2D eigenvalue weighted by molar-refractivity contribution is 0.0507. The molecule has 3 N–H and O–H groups in total. The molecule has 6 heteroatoms. The molecule has 0 unspecified atom stereocenters. The van der Waals surface area contributed by atoms with E-state index in [9.17, 15) is 4.39 Å². The first kappa shape index (κ1) is 14.1. The number of rotatable bonds is 7. The Morgan fingerprint density at radius 2 is 2.00 bits per heavy atom. The number of nitrogens with two attached hydrogens (primary N) is 1. The van der Waals surface area contributed by atoms with Crippen molar-refractivity contribution < 1.29 is 18.6 Å². The van der Waals surface area contributed by atoms with Crippen LogP contribution in [0, 0.1) is 5.82 Å². The zero-order chi connectivity index (χ0) is 13.4. The van der Waals surface area contributed by atoms with E-state index in [0.29, 0.717) is 17.2 Å². The van der Waals surface area contributed by atoms with E-state index in [0.717, 1.165) is 0 Å². The highest BCUT2D eigenvalue weighted by Crippen LogP contribution is 2.22. The molecule has 0 saturated heterocycles. The van der Waals surface area contributed by atoms with Crippen LogP contribution in [0.25, 0.3) is 0 Å². The van der Waals surface area contributed by atoms with Crippen LogP contribution in [-0.4, -0.2) is 27.6 Å². The van der Waals surface area contributed by atoms with Crippen LogP contribution in [0.4, 0.5) is 4.39 Å². The van der Waals surface area contributed by atoms with Crippen LogP contribution in [0.2, 0.25) is 0 Å². The maximum atomic E-state index is 13.3. The summed E-state index contributed by atoms with van der Waals surface area (Å²) in [6, 6.07) is 4.10. The summed E-state index contributed by atoms with van der Waals surface area (Å²) in [4.78, 5) is 0. The molecule has 0 atom stereocenters. The van der Waals surface area contributed by atoms with E-state index in [1.54, 1.807) is 13.1 Å². The van der Waals surface area contributed by atoms with E-state index < -0.39 is 5.82 Å². The van der Waals surface area contributed by atoms with E-state index in [1.165, 1.54) is 25.4 Å². The molecule has 0 aliphatic heterocycles. The molecular weight excluding hydrogens is 239 g/mol. The molecule has 0 radical (unpaired) electrons. The smallest absolute Gasteiger partial charge is 0.188 e. The Balaban J connectivity index is 2.67. The van der Waals surface area contributed by atoms with Crippen molar-refractivity contribution in [3.63, 3.8) is 0 Å². The van der Waals surface area contributed by atoms with Gasteiger partial charge in [0.1, 0.15) is 23.9 Å². The summed E-state index contributed by atoms with van der Waals surface area (Å²) >= 11 is 0. The van der Waals surface area contributed by atoms with Gasteiger partial charge in [0, 0.05) is 38.6 Å². The van der Waals surface area contributed by atoms with E-state index >= 15 is 0 Å². The predicted octanol–water partition coefficient (Wildman–Crippen LogP) is 1.21. The normalized spacial score (nSPS) is 11.2. The van der Waals surface area contributed by atoms with Gasteiger partial charge in [-0.25, -0.2) is 4.39 Å². The fourth-order valence-corrected chi connectivity index (χ4v) is 1.20. The van der Waals surface area contributed by atoms with Gasteiger partial charge in [0.05, 0.1) is 5.70 Å². The van der Waals surface area contributed by atoms with Crippen LogP contribution in [0.5, 0.6) is 11.5 Å². The van der Waals surface area contributed by atoms with Crippen LogP contribution in [0.1, 0.15) is 0 Å². The van der Waals surface area contributed by atoms with Crippen molar-refractivity contribution in [2.24, 2.45) is 5.73 Å². The topological polar surface area (TPSA) is 65.7 Å². The predicted molar refractivity (Wildman–Crippen MR) is 65.7 cm³/mol. The summed E-state index contributed by atoms with van der Waals surface area (Å²) in [6.45, 7) is 0.271. The first-order valence-corrected chi connectivity index (χ1v) is 5.33. The number of methoxy groups -OCH3 is 1. The number of ether oxygens (including phenoxy) is 3. The molecule has 0 aromatic heterocycles. The molecule has 5 nitrogen and oxygen atoms in total. The Hall–Kier alpha value is -1.95. The second kappa shape index (κ2) is 7.39. The van der Waals surface area contributed by atoms with Gasteiger partial charge in [-0.05, 0) is 0 Å². The van der Waals surface area contributed by atoms with Gasteiger partial charge in [0.25, 0.3) is 0 Å². The van der Waals surface area contributed by atoms with Crippen molar-refractivity contribution in [2.75, 3.05) is 27.6 Å². The van der Waals surface area contributed by atoms with Crippen molar-refractivity contribution in [3.05, 3.63) is 35.9 Å². The lowest BCUT2D eigenvalue weighted by Gasteiger charge is -2.11. The first-order chi connectivity index (χ1) is 8.69. The number of hydrogen-bond acceptors (Lipinski definition) is 5. The molecule has 1 aromatic rings. The van der Waals surface area contributed by atoms with Gasteiger partial charge in [-0.15, -0.1) is 0 Å². The molecule has 0 heterocycles. The Morgan fingerprint density at radius 3 is 2.56 bits per heavy atom. The average Bonchev–Trinajstić information content (AvgIpc) is 2.37. The maximum Gasteiger partial charge on any atom is 0.188 e. The van der Waals surface area contributed by atoms with Crippen LogP contribution < -0.4 is 20.5 Å². The number of nitrogens with one attached hydrogen (secondary N) is 1. The third-order valence-electron chi connectivity index (χ3n) is 2.10. The van der Waals surface area contributed by atoms with Crippen LogP contribution in [0.3, 0.4) is 0 Å². The number of halogens is 1. The second-order valence-electron chi connectivity index (χ2n) is 3.40. The summed E-state index contributed by atoms with van der Waals surface area (Å²) in [5, 5.41) is 2.85. The Labute approximate surface area is 105 Å². The summed E-state index contributed by atoms with van der Waals surface area (Å²) < 4.78 is 28.5. The van der Waals surface area contributed by atoms with Gasteiger partial charge in [-0.3, -0.25) is 0 Å². The van der Waals surface area contributed by atoms with Gasteiger partial charge in [0.15, 0.2) is 6.79 Å². The fourth-order valence-electron chi connectivity index (χ4n) is 1.20. The first-order valence-electron chi connectivity index (χ1n) is 5.33. The van der Waals surface area contributed by atoms with E-state index in [2.05, 4.69) is 5.32 Å². The van der Waals surface area contributed by atoms with E-state index in [4.69, 9.17) is 19.9 Å². The van der Waals surface area contributed by atoms with Crippen LogP contribution in [0.15, 0.2) is 30.1 Å². The zero-order valence-electron chi connectivity index (χ0n) is 10.4. The number of likely N-dealkylation sites (N-methyl/N-ethyl adjacent to an activating group) is 1. The second-order valence-corrected chi connectivity index (χ2v) is 3.40. The fraction of sp³-hybridized carbons (Fsp3) is 0.333. The molecule has 18 heavy (non-hydrogen) atoms. The summed E-state index contributed by atoms with van der Waals surface area (Å²) in [5.41, 5.74) is 6.05. The largest absolute Gasteiger partial charge is 0.487 e. The maximum absolute atomic E-state index is 13.3. The Bertz CT molecular complexity index is 410. The minimum Gasteiger partial charge on any atom is -0.487 e. The monoisotopic (exact) mass is 256 g/mol. The van der Waals surface area contributed by atoms with Gasteiger partial charge in [-0.2, -0.15) is 0 Å². The Kier molecular flexibility index (Phi) is 5.79. The Morgan fingerprint density at radius 1 is 1.33 bits per heavy atom. The third-order valence-corrected chi connectivity index (χ3v) is 2.10. The van der Waals surface area contributed by atoms with Crippen LogP contribution in [-0.2, 0) is 4.74 Å². The van der Waals surface area contributed by atoms with Crippen molar-refractivity contribution in [1.82, 2.24) is 5.32 Å². The lowest BCUT2D eigenvalue weighted by Crippen LogP contribution is -2.15. The van der Waals surface area contributed by atoms with E-state index in [1.807, 2.05) is 0 Å². The standard InChI is InChI=1S/C12H17FN2O3/c1-15-10(6-14)7-17-11-3-9(13)4-12(5-11)18-8-16-2/h3-6,15H,7-8,14H2,1-2H3/b10-6-. The highest BCUT2D eigenvalue weighted by atomic mass is 19.1. The highest BCUT2D eigenvalue weighted by molar-refractivity contribution is 5.34. The van der Waals surface area contributed by atoms with Gasteiger partial charge in [-0.1, -0.05) is 0 Å². The van der Waals surface area contributed by atoms with Crippen molar-refractivity contribution in [2.45, 2.75) is 0 Å². The molecule has 0 aliphatic carbocycles. The van der Waals surface area contributed by atoms with Gasteiger partial charge in [0.2, 0.25) is 0 Å². The molecule has 0 aliphatic rings. The summed E-state index contributed by atoms with van der Waals surface area (Å²) in [7, 11) is 3.21. The van der Waals surface area contributed by atoms with Gasteiger partial charge < -0.3 is 25.3 Å². The molecule has 1 rings (SSSR count). The SMILES string of the molecule is CN/C(=C\N)COc1cc(F)cc(OCOC)c1. The molecular formula is C12H17FN2O3. The molecule has 0 amide bonds. The van der Waals surface area contributed by atoms with Crippen molar-refractivity contribution in [1.29, 1.82) is 0 Å². The highest BCUT2D eigenvalue weighted by Gasteiger charge is 2.04. The molecule has 0 saturated carbocycles. The van der Waals surface area contributed by atoms with E-state index in [-0.39, 0.29) is 13.4 Å². The average molecular weight is 256 g/mol. The molecule has 0 bridgehead atoms. The van der Waals surface area contributed by atoms with Crippen molar-refractivity contribution >= 4 is 0 Å². The zero-order valence-corrected chi connectivity index (χ0v) is 10.4. The molecule has 100 valence electrons. The molecule has 1 aromatic carbocycles. The summed E-state index contributed by atoms with van der Waals surface area (Å²) in [5.74, 6) is 0.256. The summed E-state index contributed by atoms with van der Waals surface area (Å²) in [6.07, 6.45) is 1.39. The number of hydrogen-bond donors (Lipinski definition) is 2. The minimum atomic E-state index is -0.443.